The largest absolute Gasteiger partial charge is 0.495 e. The van der Waals surface area contributed by atoms with Crippen molar-refractivity contribution >= 4 is 70.8 Å². The Bertz CT molecular complexity index is 2490. The topological polar surface area (TPSA) is 307 Å². The average molecular weight is 1100 g/mol. The molecule has 23 nitrogen and oxygen atoms in total. The molecule has 424 valence electrons. The number of benzene rings is 1. The molecule has 2 saturated heterocycles. The van der Waals surface area contributed by atoms with Gasteiger partial charge in [-0.1, -0.05) is 62.6 Å². The maximum absolute atomic E-state index is 14.5. The van der Waals surface area contributed by atoms with Crippen molar-refractivity contribution in [3.05, 3.63) is 58.7 Å². The highest BCUT2D eigenvalue weighted by molar-refractivity contribution is 6.35. The third kappa shape index (κ3) is 15.6. The molecule has 5 rings (SSSR count). The van der Waals surface area contributed by atoms with Gasteiger partial charge in [0.25, 0.3) is 11.8 Å². The first-order valence-corrected chi connectivity index (χ1v) is 26.1. The maximum atomic E-state index is 14.5. The number of fused-ring (bicyclic) bond motifs is 5. The molecular formula is C53H75ClN8O15. The number of epoxide rings is 1. The molecule has 0 saturated carbocycles. The predicted molar refractivity (Wildman–Crippen MR) is 281 cm³/mol. The van der Waals surface area contributed by atoms with Crippen molar-refractivity contribution in [2.45, 2.75) is 153 Å². The summed E-state index contributed by atoms with van der Waals surface area (Å²) in [5.41, 5.74) is 3.85. The fourth-order valence-electron chi connectivity index (χ4n) is 9.64. The number of alkyl carbamates (subject to hydrolysis) is 1. The highest BCUT2D eigenvalue weighted by Gasteiger charge is 2.64. The molecule has 10 atom stereocenters. The highest BCUT2D eigenvalue weighted by atomic mass is 35.5. The molecule has 0 radical (unpaired) electrons. The van der Waals surface area contributed by atoms with Crippen molar-refractivity contribution in [3.63, 3.8) is 0 Å². The van der Waals surface area contributed by atoms with Crippen molar-refractivity contribution in [2.75, 3.05) is 46.3 Å². The summed E-state index contributed by atoms with van der Waals surface area (Å²) < 4.78 is 29.5. The number of imide groups is 1. The van der Waals surface area contributed by atoms with E-state index in [1.165, 1.54) is 52.3 Å². The second-order valence-electron chi connectivity index (χ2n) is 20.6. The minimum Gasteiger partial charge on any atom is -0.495 e. The SMILES string of the molecule is COc1cc2cc(c1Cl)N(C)C(=O)C[C@H](OC(=O)[C@H](C)N(C)C(=O)[C@H](CCCNC(N)=O)NC(=O)[C@@H](NC(=O)CCCCCN1C(=O)C=CC1=O)C(C)C)C1(C)OC1C(C)C1CC(O)(NC(=O)O1)C(OC)/C=C/C=C(\C)C2. The number of nitrogens with two attached hydrogens (primary N) is 1. The number of anilines is 1. The summed E-state index contributed by atoms with van der Waals surface area (Å²) >= 11 is 6.84. The number of nitrogens with zero attached hydrogens (tertiary/aromatic N) is 3. The molecule has 6 unspecified atom stereocenters. The molecule has 9 amide bonds. The summed E-state index contributed by atoms with van der Waals surface area (Å²) in [6.07, 6.45) is 3.85. The number of hydrogen-bond donors (Lipinski definition) is 6. The Balaban J connectivity index is 1.38. The standard InChI is InChI=1S/C53H75ClN8O15/c1-29(2)45(58-40(63)19-12-11-13-23-62-41(64)20-21-42(62)65)47(67)57-34(17-15-22-56-50(55)70)48(68)60(7)32(5)49(69)76-39-27-43(66)61(8)35-25-33(26-36(73-9)44(35)54)24-30(3)16-14-18-38(74-10)53(72)28-37(75-51(71)59-53)31(4)46-52(39,6)77-46/h14,16,18,20-21,25-26,29,31-32,34,37-39,45-46,72H,11-13,15,17,19,22-24,27-28H2,1-10H3,(H,57,67)(H,58,63)(H,59,71)(H3,55,56,70)/b18-14+,30-16+/t31?,32-,34-,37?,38?,39-,45-,46?,52?,53?/m0/s1. The predicted octanol–water partition coefficient (Wildman–Crippen LogP) is 3.07. The number of hydrogen-bond acceptors (Lipinski definition) is 15. The number of likely N-dealkylation sites (N-methyl/N-ethyl adjacent to an activating group) is 1. The van der Waals surface area contributed by atoms with Crippen LogP contribution in [0.4, 0.5) is 15.3 Å². The minimum absolute atomic E-state index is 0.0373. The van der Waals surface area contributed by atoms with E-state index in [1.54, 1.807) is 52.0 Å². The lowest BCUT2D eigenvalue weighted by atomic mass is 9.83. The van der Waals surface area contributed by atoms with Crippen LogP contribution in [0.5, 0.6) is 5.75 Å². The van der Waals surface area contributed by atoms with Gasteiger partial charge in [0.1, 0.15) is 52.8 Å². The number of amides is 9. The van der Waals surface area contributed by atoms with Crippen LogP contribution in [-0.2, 0) is 58.9 Å². The molecule has 4 aliphatic heterocycles. The Morgan fingerprint density at radius 3 is 2.35 bits per heavy atom. The van der Waals surface area contributed by atoms with Gasteiger partial charge in [0, 0.05) is 65.2 Å². The summed E-state index contributed by atoms with van der Waals surface area (Å²) in [6.45, 7) is 10.3. The summed E-state index contributed by atoms with van der Waals surface area (Å²) in [4.78, 5) is 122. The number of carbonyl (C=O) groups is 9. The van der Waals surface area contributed by atoms with Gasteiger partial charge in [0.05, 0.1) is 25.3 Å². The molecule has 1 aromatic carbocycles. The summed E-state index contributed by atoms with van der Waals surface area (Å²) in [7, 11) is 5.69. The molecule has 4 aliphatic rings. The number of methoxy groups -OCH3 is 2. The fraction of sp³-hybridized carbons (Fsp3) is 0.604. The third-order valence-corrected chi connectivity index (χ3v) is 14.9. The zero-order chi connectivity index (χ0) is 57.1. The second-order valence-corrected chi connectivity index (χ2v) is 21.0. The van der Waals surface area contributed by atoms with Crippen LogP contribution >= 0.6 is 11.6 Å². The Labute approximate surface area is 453 Å². The monoisotopic (exact) mass is 1100 g/mol. The molecule has 2 fully saturated rings. The van der Waals surface area contributed by atoms with Crippen LogP contribution in [0.2, 0.25) is 5.02 Å². The number of aliphatic hydroxyl groups is 1. The van der Waals surface area contributed by atoms with E-state index in [9.17, 15) is 48.3 Å². The van der Waals surface area contributed by atoms with Gasteiger partial charge in [-0.3, -0.25) is 39.0 Å². The van der Waals surface area contributed by atoms with E-state index in [4.69, 9.17) is 41.0 Å². The molecule has 0 aromatic heterocycles. The number of ether oxygens (including phenoxy) is 5. The van der Waals surface area contributed by atoms with E-state index in [-0.39, 0.29) is 55.6 Å². The van der Waals surface area contributed by atoms with Crippen LogP contribution in [0.25, 0.3) is 0 Å². The number of allylic oxidation sites excluding steroid dienone is 3. The molecule has 77 heavy (non-hydrogen) atoms. The van der Waals surface area contributed by atoms with Crippen molar-refractivity contribution in [1.29, 1.82) is 0 Å². The average Bonchev–Trinajstić information content (AvgIpc) is 3.98. The molecule has 7 N–H and O–H groups in total. The van der Waals surface area contributed by atoms with Gasteiger partial charge >= 0.3 is 18.1 Å². The van der Waals surface area contributed by atoms with Gasteiger partial charge in [0.15, 0.2) is 5.72 Å². The smallest absolute Gasteiger partial charge is 0.409 e. The normalized spacial score (nSPS) is 26.7. The zero-order valence-electron chi connectivity index (χ0n) is 45.5. The lowest BCUT2D eigenvalue weighted by molar-refractivity contribution is -0.162. The molecular weight excluding hydrogens is 1020 g/mol. The lowest BCUT2D eigenvalue weighted by Crippen LogP contribution is -2.63. The third-order valence-electron chi connectivity index (χ3n) is 14.5. The van der Waals surface area contributed by atoms with Crippen molar-refractivity contribution in [2.24, 2.45) is 17.6 Å². The van der Waals surface area contributed by atoms with Crippen LogP contribution in [0.3, 0.4) is 0 Å². The molecule has 0 aliphatic carbocycles. The van der Waals surface area contributed by atoms with Gasteiger partial charge in [0.2, 0.25) is 23.6 Å². The summed E-state index contributed by atoms with van der Waals surface area (Å²) in [6, 6.07) is -1.05. The quantitative estimate of drug-likeness (QED) is 0.0473. The summed E-state index contributed by atoms with van der Waals surface area (Å²) in [5.74, 6) is -4.94. The first-order chi connectivity index (χ1) is 36.2. The number of esters is 1. The van der Waals surface area contributed by atoms with Crippen LogP contribution in [0, 0.1) is 11.8 Å². The Morgan fingerprint density at radius 2 is 1.71 bits per heavy atom. The number of primary amides is 1. The fourth-order valence-corrected chi connectivity index (χ4v) is 9.95. The maximum Gasteiger partial charge on any atom is 0.409 e. The van der Waals surface area contributed by atoms with Crippen LogP contribution < -0.4 is 36.6 Å². The molecule has 1 aromatic rings. The zero-order valence-corrected chi connectivity index (χ0v) is 46.2. The van der Waals surface area contributed by atoms with Crippen molar-refractivity contribution in [3.8, 4) is 5.75 Å². The number of rotatable bonds is 20. The summed E-state index contributed by atoms with van der Waals surface area (Å²) in [5, 5.41) is 22.5. The van der Waals surface area contributed by atoms with Gasteiger partial charge < -0.3 is 60.3 Å². The second kappa shape index (κ2) is 26.7. The first kappa shape index (κ1) is 61.3. The number of unbranched alkanes of at least 4 members (excludes halogenated alkanes) is 2. The van der Waals surface area contributed by atoms with Crippen LogP contribution in [-0.4, -0.2) is 164 Å². The Hall–Kier alpha value is -6.56. The minimum atomic E-state index is -1.93. The molecule has 24 heteroatoms. The Morgan fingerprint density at radius 1 is 1.03 bits per heavy atom. The van der Waals surface area contributed by atoms with Gasteiger partial charge in [-0.2, -0.15) is 0 Å². The van der Waals surface area contributed by atoms with E-state index in [0.29, 0.717) is 37.1 Å². The lowest BCUT2D eigenvalue weighted by Gasteiger charge is -2.42. The van der Waals surface area contributed by atoms with E-state index < -0.39 is 114 Å². The first-order valence-electron chi connectivity index (χ1n) is 25.8. The van der Waals surface area contributed by atoms with Crippen LogP contribution in [0.1, 0.15) is 98.5 Å². The highest BCUT2D eigenvalue weighted by Crippen LogP contribution is 2.49. The van der Waals surface area contributed by atoms with Gasteiger partial charge in [-0.15, -0.1) is 0 Å². The van der Waals surface area contributed by atoms with Gasteiger partial charge in [-0.05, 0) is 76.5 Å². The number of urea groups is 1. The van der Waals surface area contributed by atoms with Crippen molar-refractivity contribution < 1.29 is 71.9 Å². The van der Waals surface area contributed by atoms with E-state index in [1.807, 2.05) is 13.0 Å². The number of halogens is 1. The molecule has 0 spiro atoms. The van der Waals surface area contributed by atoms with Crippen molar-refractivity contribution in [1.82, 2.24) is 31.1 Å². The molecule has 4 bridgehead atoms. The number of nitrogens with one attached hydrogen (secondary N) is 4. The Kier molecular flexibility index (Phi) is 21.2. The molecule has 4 heterocycles. The van der Waals surface area contributed by atoms with E-state index >= 15 is 0 Å². The van der Waals surface area contributed by atoms with E-state index in [0.717, 1.165) is 20.9 Å². The van der Waals surface area contributed by atoms with Crippen LogP contribution in [0.15, 0.2) is 48.1 Å². The number of carbonyl (C=O) groups excluding carboxylic acids is 9. The van der Waals surface area contributed by atoms with E-state index in [2.05, 4.69) is 21.3 Å². The van der Waals surface area contributed by atoms with Gasteiger partial charge in [-0.25, -0.2) is 14.4 Å².